The third-order valence-corrected chi connectivity index (χ3v) is 4.10. The Kier molecular flexibility index (Phi) is 5.00. The number of phenols is 1. The van der Waals surface area contributed by atoms with Crippen LogP contribution in [0.1, 0.15) is 0 Å². The molecule has 2 aromatic carbocycles. The highest BCUT2D eigenvalue weighted by molar-refractivity contribution is 7.94. The molecule has 0 aliphatic carbocycles. The predicted molar refractivity (Wildman–Crippen MR) is 79.1 cm³/mol. The lowest BCUT2D eigenvalue weighted by molar-refractivity contribution is -0.432. The molecular weight excluding hydrogens is 335 g/mol. The first-order valence-corrected chi connectivity index (χ1v) is 7.78. The predicted octanol–water partition coefficient (Wildman–Crippen LogP) is 1.85. The lowest BCUT2D eigenvalue weighted by Crippen LogP contribution is -1.99. The van der Waals surface area contributed by atoms with E-state index in [2.05, 4.69) is 19.5 Å². The second-order valence-corrected chi connectivity index (χ2v) is 6.12. The molecule has 0 fully saturated rings. The summed E-state index contributed by atoms with van der Waals surface area (Å²) < 4.78 is 36.2. The zero-order valence-corrected chi connectivity index (χ0v) is 12.6. The van der Waals surface area contributed by atoms with Gasteiger partial charge in [0.1, 0.15) is 10.6 Å². The van der Waals surface area contributed by atoms with Crippen LogP contribution in [-0.4, -0.2) is 31.3 Å². The maximum absolute atomic E-state index is 11.4. The van der Waals surface area contributed by atoms with Crippen LogP contribution in [0.2, 0.25) is 0 Å². The van der Waals surface area contributed by atoms with E-state index in [-0.39, 0.29) is 5.69 Å². The fraction of sp³-hybridized carbons (Fsp3) is 0. The second-order valence-electron chi connectivity index (χ2n) is 3.96. The minimum Gasteiger partial charge on any atom is -0.504 e. The Bertz CT molecular complexity index is 841. The number of aromatic hydroxyl groups is 1. The van der Waals surface area contributed by atoms with Crippen LogP contribution < -0.4 is 0 Å². The molecule has 0 radical (unpaired) electrons. The Balaban J connectivity index is 2.75. The van der Waals surface area contributed by atoms with Crippen LogP contribution in [0.15, 0.2) is 44.2 Å². The molecule has 12 heteroatoms. The zero-order chi connectivity index (χ0) is 16.3. The van der Waals surface area contributed by atoms with Crippen LogP contribution in [0.4, 0.5) is 5.69 Å². The molecule has 116 valence electrons. The largest absolute Gasteiger partial charge is 0.504 e. The highest BCUT2D eigenvalue weighted by atomic mass is 32.2. The molecule has 9 nitrogen and oxygen atoms in total. The first kappa shape index (κ1) is 16.7. The first-order valence-electron chi connectivity index (χ1n) is 5.60. The highest BCUT2D eigenvalue weighted by Gasteiger charge is 2.21. The van der Waals surface area contributed by atoms with Gasteiger partial charge in [-0.05, 0) is 23.6 Å². The van der Waals surface area contributed by atoms with Gasteiger partial charge in [-0.25, -0.2) is 5.26 Å². The van der Waals surface area contributed by atoms with Gasteiger partial charge in [0.15, 0.2) is 5.75 Å². The van der Waals surface area contributed by atoms with Crippen LogP contribution >= 0.6 is 12.0 Å². The summed E-state index contributed by atoms with van der Waals surface area (Å²) in [5, 5.41) is 29.6. The van der Waals surface area contributed by atoms with Crippen molar-refractivity contribution in [2.24, 2.45) is 10.1 Å². The molecule has 0 unspecified atom stereocenters. The molecule has 0 aliphatic rings. The van der Waals surface area contributed by atoms with Crippen molar-refractivity contribution in [3.63, 3.8) is 0 Å². The van der Waals surface area contributed by atoms with E-state index in [0.717, 1.165) is 6.07 Å². The van der Waals surface area contributed by atoms with E-state index in [9.17, 15) is 18.1 Å². The van der Waals surface area contributed by atoms with Crippen molar-refractivity contribution in [2.45, 2.75) is 9.79 Å². The molecule has 0 atom stereocenters. The molecular formula is C10H9BN2O7S2. The molecule has 22 heavy (non-hydrogen) atoms. The van der Waals surface area contributed by atoms with Gasteiger partial charge in [-0.1, -0.05) is 11.1 Å². The number of hydrogen-bond acceptors (Lipinski definition) is 9. The molecule has 0 saturated carbocycles. The number of hydrogen-bond donors (Lipinski definition) is 3. The van der Waals surface area contributed by atoms with Crippen LogP contribution in [-0.2, 0) is 19.5 Å². The molecule has 0 heterocycles. The average molecular weight is 344 g/mol. The molecule has 0 spiro atoms. The number of benzene rings is 2. The molecule has 2 rings (SSSR count). The van der Waals surface area contributed by atoms with Crippen LogP contribution in [0.3, 0.4) is 0 Å². The topological polar surface area (TPSA) is 138 Å². The number of nitrogens with zero attached hydrogens (tertiary/aromatic N) is 2. The summed E-state index contributed by atoms with van der Waals surface area (Å²) in [5.41, 5.74) is -0.0940. The number of phenolic OH excluding ortho intramolecular Hbond substituents is 1. The molecule has 2 aromatic rings. The molecule has 0 amide bonds. The zero-order valence-electron chi connectivity index (χ0n) is 11.0. The molecule has 0 bridgehead atoms. The lowest BCUT2D eigenvalue weighted by Gasteiger charge is -2.09. The van der Waals surface area contributed by atoms with Crippen molar-refractivity contribution in [1.29, 1.82) is 0 Å². The fourth-order valence-corrected chi connectivity index (χ4v) is 2.86. The van der Waals surface area contributed by atoms with Gasteiger partial charge < -0.3 is 5.11 Å². The van der Waals surface area contributed by atoms with E-state index < -0.39 is 20.8 Å². The molecule has 3 N–H and O–H groups in total. The van der Waals surface area contributed by atoms with Crippen molar-refractivity contribution >= 4 is 46.6 Å². The van der Waals surface area contributed by atoms with Gasteiger partial charge in [-0.2, -0.15) is 13.5 Å². The Morgan fingerprint density at radius 3 is 2.59 bits per heavy atom. The summed E-state index contributed by atoms with van der Waals surface area (Å²) in [7, 11) is -3.30. The number of fused-ring (bicyclic) bond motifs is 1. The van der Waals surface area contributed by atoms with Gasteiger partial charge in [0, 0.05) is 10.3 Å². The quantitative estimate of drug-likeness (QED) is 0.187. The normalized spacial score (nSPS) is 12.3. The second kappa shape index (κ2) is 6.60. The van der Waals surface area contributed by atoms with E-state index in [1.165, 1.54) is 20.1 Å². The highest BCUT2D eigenvalue weighted by Crippen LogP contribution is 2.41. The minimum absolute atomic E-state index is 0.0940. The Morgan fingerprint density at radius 2 is 2.00 bits per heavy atom. The summed E-state index contributed by atoms with van der Waals surface area (Å²) in [5.74, 6) is -0.698. The van der Waals surface area contributed by atoms with Gasteiger partial charge in [0.2, 0.25) is 0 Å². The maximum atomic E-state index is 11.4. The third kappa shape index (κ3) is 3.37. The minimum atomic E-state index is -4.65. The summed E-state index contributed by atoms with van der Waals surface area (Å²) in [6.45, 7) is 0. The van der Waals surface area contributed by atoms with Crippen LogP contribution in [0.25, 0.3) is 10.8 Å². The van der Waals surface area contributed by atoms with Crippen molar-refractivity contribution in [3.05, 3.63) is 24.3 Å². The van der Waals surface area contributed by atoms with Gasteiger partial charge in [0.25, 0.3) is 18.1 Å². The molecule has 0 aromatic heterocycles. The average Bonchev–Trinajstić information content (AvgIpc) is 2.46. The van der Waals surface area contributed by atoms with Gasteiger partial charge >= 0.3 is 0 Å². The van der Waals surface area contributed by atoms with Crippen molar-refractivity contribution in [1.82, 2.24) is 0 Å². The van der Waals surface area contributed by atoms with Crippen molar-refractivity contribution in [3.8, 4) is 5.75 Å². The summed E-state index contributed by atoms with van der Waals surface area (Å²) in [6.07, 6.45) is 0. The monoisotopic (exact) mass is 344 g/mol. The van der Waals surface area contributed by atoms with Crippen LogP contribution in [0.5, 0.6) is 5.75 Å². The van der Waals surface area contributed by atoms with E-state index in [4.69, 9.17) is 5.26 Å². The summed E-state index contributed by atoms with van der Waals surface area (Å²) in [4.78, 5) is -0.225. The van der Waals surface area contributed by atoms with Crippen LogP contribution in [0, 0.1) is 0 Å². The Labute approximate surface area is 129 Å². The maximum Gasteiger partial charge on any atom is 0.298 e. The fourth-order valence-electron chi connectivity index (χ4n) is 1.83. The molecule has 0 aliphatic heterocycles. The SMILES string of the molecule is BN=Nc1c(O)c(S(=O)(=O)O)cc2cc(SOOO)ccc12. The summed E-state index contributed by atoms with van der Waals surface area (Å²) in [6, 6.07) is 5.67. The van der Waals surface area contributed by atoms with E-state index in [1.54, 1.807) is 6.07 Å². The van der Waals surface area contributed by atoms with E-state index in [1.807, 2.05) is 0 Å². The Hall–Kier alpha value is -1.70. The lowest BCUT2D eigenvalue weighted by atomic mass is 10.1. The van der Waals surface area contributed by atoms with E-state index in [0.29, 0.717) is 27.7 Å². The third-order valence-electron chi connectivity index (χ3n) is 2.66. The van der Waals surface area contributed by atoms with E-state index >= 15 is 0 Å². The standard InChI is InChI=1S/C10H9BN2O7S2/c11-13-12-9-7-2-1-6(21-20-19-15)3-5(7)4-8(10(9)14)22(16,17)18/h1-4,14-15H,11H2,(H,16,17,18). The first-order chi connectivity index (χ1) is 10.4. The molecule has 0 saturated heterocycles. The van der Waals surface area contributed by atoms with Gasteiger partial charge in [0.05, 0.1) is 12.0 Å². The van der Waals surface area contributed by atoms with Crippen molar-refractivity contribution < 1.29 is 32.7 Å². The number of rotatable bonds is 5. The summed E-state index contributed by atoms with van der Waals surface area (Å²) >= 11 is 0.671. The van der Waals surface area contributed by atoms with Crippen molar-refractivity contribution in [2.75, 3.05) is 0 Å². The smallest absolute Gasteiger partial charge is 0.298 e. The van der Waals surface area contributed by atoms with Gasteiger partial charge in [-0.15, -0.1) is 4.33 Å². The van der Waals surface area contributed by atoms with Gasteiger partial charge in [-0.3, -0.25) is 9.58 Å². The Morgan fingerprint density at radius 1 is 1.27 bits per heavy atom.